The fraction of sp³-hybridized carbons (Fsp3) is 0.867. The first kappa shape index (κ1) is 15.3. The second kappa shape index (κ2) is 5.35. The van der Waals surface area contributed by atoms with E-state index in [1.54, 1.807) is 0 Å². The highest BCUT2D eigenvalue weighted by molar-refractivity contribution is 5.79. The molecule has 0 aromatic carbocycles. The van der Waals surface area contributed by atoms with Crippen LogP contribution in [0.25, 0.3) is 0 Å². The molecule has 0 heterocycles. The molecule has 114 valence electrons. The van der Waals surface area contributed by atoms with Crippen LogP contribution in [0.1, 0.15) is 46.5 Å². The molecule has 5 nitrogen and oxygen atoms in total. The maximum atomic E-state index is 12.1. The Labute approximate surface area is 120 Å². The number of amides is 1. The fourth-order valence-electron chi connectivity index (χ4n) is 3.61. The van der Waals surface area contributed by atoms with E-state index in [1.165, 1.54) is 0 Å². The molecule has 2 bridgehead atoms. The van der Waals surface area contributed by atoms with Crippen molar-refractivity contribution in [3.05, 3.63) is 0 Å². The molecule has 0 saturated heterocycles. The molecule has 4 N–H and O–H groups in total. The second-order valence-electron chi connectivity index (χ2n) is 7.47. The molecule has 0 radical (unpaired) electrons. The normalized spacial score (nSPS) is 34.0. The van der Waals surface area contributed by atoms with Gasteiger partial charge in [0.2, 0.25) is 5.91 Å². The third-order valence-corrected chi connectivity index (χ3v) is 5.05. The minimum absolute atomic E-state index is 0.115. The molecule has 2 aliphatic rings. The van der Waals surface area contributed by atoms with Crippen molar-refractivity contribution in [2.45, 2.75) is 58.5 Å². The van der Waals surface area contributed by atoms with Crippen LogP contribution in [0.15, 0.2) is 0 Å². The first-order valence-electron chi connectivity index (χ1n) is 7.48. The van der Waals surface area contributed by atoms with Crippen LogP contribution in [0.2, 0.25) is 0 Å². The van der Waals surface area contributed by atoms with E-state index in [9.17, 15) is 14.7 Å². The van der Waals surface area contributed by atoms with Gasteiger partial charge in [-0.2, -0.15) is 0 Å². The van der Waals surface area contributed by atoms with Crippen molar-refractivity contribution in [2.75, 3.05) is 0 Å². The minimum atomic E-state index is -0.775. The largest absolute Gasteiger partial charge is 0.481 e. The Balaban J connectivity index is 1.95. The van der Waals surface area contributed by atoms with Crippen LogP contribution in [0.5, 0.6) is 0 Å². The lowest BCUT2D eigenvalue weighted by molar-refractivity contribution is -0.144. The molecule has 2 saturated carbocycles. The van der Waals surface area contributed by atoms with Crippen molar-refractivity contribution >= 4 is 11.9 Å². The minimum Gasteiger partial charge on any atom is -0.481 e. The van der Waals surface area contributed by atoms with Crippen molar-refractivity contribution in [1.29, 1.82) is 0 Å². The highest BCUT2D eigenvalue weighted by Gasteiger charge is 2.51. The van der Waals surface area contributed by atoms with Gasteiger partial charge in [-0.1, -0.05) is 20.8 Å². The molecule has 0 aliphatic heterocycles. The van der Waals surface area contributed by atoms with Crippen molar-refractivity contribution in [3.8, 4) is 0 Å². The first-order valence-corrected chi connectivity index (χ1v) is 7.48. The summed E-state index contributed by atoms with van der Waals surface area (Å²) in [5.41, 5.74) is 5.89. The smallest absolute Gasteiger partial charge is 0.308 e. The number of nitrogens with two attached hydrogens (primary N) is 1. The SMILES string of the molecule is CC(C)(C)C(N)CC(=O)NC1C2CCC(C2)C1C(=O)O. The maximum absolute atomic E-state index is 12.1. The fourth-order valence-corrected chi connectivity index (χ4v) is 3.61. The molecule has 2 rings (SSSR count). The lowest BCUT2D eigenvalue weighted by Crippen LogP contribution is -2.49. The molecule has 1 amide bonds. The number of hydrogen-bond donors (Lipinski definition) is 3. The van der Waals surface area contributed by atoms with Gasteiger partial charge in [0.15, 0.2) is 0 Å². The van der Waals surface area contributed by atoms with Gasteiger partial charge in [0, 0.05) is 18.5 Å². The summed E-state index contributed by atoms with van der Waals surface area (Å²) >= 11 is 0. The summed E-state index contributed by atoms with van der Waals surface area (Å²) in [7, 11) is 0. The van der Waals surface area contributed by atoms with E-state index in [0.717, 1.165) is 19.3 Å². The van der Waals surface area contributed by atoms with Gasteiger partial charge in [0.1, 0.15) is 0 Å². The second-order valence-corrected chi connectivity index (χ2v) is 7.47. The Kier molecular flexibility index (Phi) is 4.09. The zero-order valence-corrected chi connectivity index (χ0v) is 12.6. The lowest BCUT2D eigenvalue weighted by Gasteiger charge is -2.31. The van der Waals surface area contributed by atoms with E-state index in [0.29, 0.717) is 5.92 Å². The van der Waals surface area contributed by atoms with E-state index in [1.807, 2.05) is 20.8 Å². The molecular formula is C15H26N2O3. The van der Waals surface area contributed by atoms with E-state index < -0.39 is 11.9 Å². The predicted octanol–water partition coefficient (Wildman–Crippen LogP) is 1.37. The van der Waals surface area contributed by atoms with Crippen LogP contribution < -0.4 is 11.1 Å². The zero-order chi connectivity index (χ0) is 15.1. The van der Waals surface area contributed by atoms with E-state index in [4.69, 9.17) is 5.73 Å². The summed E-state index contributed by atoms with van der Waals surface area (Å²) in [5.74, 6) is -0.739. The maximum Gasteiger partial charge on any atom is 0.308 e. The van der Waals surface area contributed by atoms with Crippen LogP contribution >= 0.6 is 0 Å². The van der Waals surface area contributed by atoms with Crippen molar-refractivity contribution < 1.29 is 14.7 Å². The van der Waals surface area contributed by atoms with Crippen LogP contribution in [-0.4, -0.2) is 29.1 Å². The Bertz CT molecular complexity index is 402. The van der Waals surface area contributed by atoms with E-state index >= 15 is 0 Å². The van der Waals surface area contributed by atoms with Crippen LogP contribution in [0.4, 0.5) is 0 Å². The number of carboxylic acids is 1. The highest BCUT2D eigenvalue weighted by Crippen LogP contribution is 2.48. The third-order valence-electron chi connectivity index (χ3n) is 5.05. The Morgan fingerprint density at radius 3 is 2.45 bits per heavy atom. The molecule has 5 heteroatoms. The summed E-state index contributed by atoms with van der Waals surface area (Å²) in [6, 6.07) is -0.421. The number of aliphatic carboxylic acids is 1. The standard InChI is InChI=1S/C15H26N2O3/c1-15(2,3)10(16)7-11(18)17-13-9-5-4-8(6-9)12(13)14(19)20/h8-10,12-13H,4-7,16H2,1-3H3,(H,17,18)(H,19,20). The monoisotopic (exact) mass is 282 g/mol. The predicted molar refractivity (Wildman–Crippen MR) is 75.9 cm³/mol. The molecule has 20 heavy (non-hydrogen) atoms. The summed E-state index contributed by atoms with van der Waals surface area (Å²) in [6.07, 6.45) is 3.21. The Hall–Kier alpha value is -1.10. The van der Waals surface area contributed by atoms with Gasteiger partial charge in [-0.15, -0.1) is 0 Å². The molecule has 0 aromatic rings. The number of hydrogen-bond acceptors (Lipinski definition) is 3. The molecule has 0 aromatic heterocycles. The number of nitrogens with one attached hydrogen (secondary N) is 1. The molecular weight excluding hydrogens is 256 g/mol. The van der Waals surface area contributed by atoms with E-state index in [2.05, 4.69) is 5.32 Å². The average molecular weight is 282 g/mol. The molecule has 2 fully saturated rings. The Morgan fingerprint density at radius 1 is 1.30 bits per heavy atom. The van der Waals surface area contributed by atoms with E-state index in [-0.39, 0.29) is 35.7 Å². The number of rotatable bonds is 4. The Morgan fingerprint density at radius 2 is 1.90 bits per heavy atom. The van der Waals surface area contributed by atoms with Gasteiger partial charge in [-0.05, 0) is 36.5 Å². The van der Waals surface area contributed by atoms with Gasteiger partial charge in [-0.3, -0.25) is 9.59 Å². The zero-order valence-electron chi connectivity index (χ0n) is 12.6. The van der Waals surface area contributed by atoms with Gasteiger partial charge >= 0.3 is 5.97 Å². The summed E-state index contributed by atoms with van der Waals surface area (Å²) in [6.45, 7) is 6.01. The molecule has 0 spiro atoms. The number of carbonyl (C=O) groups is 2. The van der Waals surface area contributed by atoms with Crippen LogP contribution in [0.3, 0.4) is 0 Å². The van der Waals surface area contributed by atoms with Crippen molar-refractivity contribution in [1.82, 2.24) is 5.32 Å². The molecule has 2 aliphatic carbocycles. The number of carboxylic acid groups (broad SMARTS) is 1. The summed E-state index contributed by atoms with van der Waals surface area (Å²) < 4.78 is 0. The number of fused-ring (bicyclic) bond motifs is 2. The number of carbonyl (C=O) groups excluding carboxylic acids is 1. The van der Waals surface area contributed by atoms with Gasteiger partial charge in [0.05, 0.1) is 5.92 Å². The van der Waals surface area contributed by atoms with Gasteiger partial charge in [0.25, 0.3) is 0 Å². The lowest BCUT2D eigenvalue weighted by atomic mass is 9.83. The van der Waals surface area contributed by atoms with Crippen LogP contribution in [-0.2, 0) is 9.59 Å². The van der Waals surface area contributed by atoms with Gasteiger partial charge < -0.3 is 16.2 Å². The van der Waals surface area contributed by atoms with Crippen LogP contribution in [0, 0.1) is 23.2 Å². The van der Waals surface area contributed by atoms with Gasteiger partial charge in [-0.25, -0.2) is 0 Å². The summed E-state index contributed by atoms with van der Waals surface area (Å²) in [4.78, 5) is 23.5. The van der Waals surface area contributed by atoms with Crippen molar-refractivity contribution in [2.24, 2.45) is 28.9 Å². The average Bonchev–Trinajstić information content (AvgIpc) is 2.87. The third kappa shape index (κ3) is 2.97. The quantitative estimate of drug-likeness (QED) is 0.726. The molecule has 5 unspecified atom stereocenters. The van der Waals surface area contributed by atoms with Crippen molar-refractivity contribution in [3.63, 3.8) is 0 Å². The molecule has 5 atom stereocenters. The highest BCUT2D eigenvalue weighted by atomic mass is 16.4. The summed E-state index contributed by atoms with van der Waals surface area (Å²) in [5, 5.41) is 12.3. The topological polar surface area (TPSA) is 92.4 Å². The first-order chi connectivity index (χ1) is 9.20.